The van der Waals surface area contributed by atoms with Gasteiger partial charge < -0.3 is 19.7 Å². The number of nitrogens with one attached hydrogen (secondary N) is 1. The minimum Gasteiger partial charge on any atom is -0.507 e. The van der Waals surface area contributed by atoms with Gasteiger partial charge in [0, 0.05) is 34.5 Å². The first-order chi connectivity index (χ1) is 15.1. The van der Waals surface area contributed by atoms with Gasteiger partial charge in [-0.2, -0.15) is 0 Å². The van der Waals surface area contributed by atoms with Crippen molar-refractivity contribution in [3.8, 4) is 28.3 Å². The van der Waals surface area contributed by atoms with Crippen LogP contribution in [0.3, 0.4) is 0 Å². The lowest BCUT2D eigenvalue weighted by molar-refractivity contribution is 0.261. The summed E-state index contributed by atoms with van der Waals surface area (Å²) in [6.45, 7) is 4.05. The van der Waals surface area contributed by atoms with Crippen LogP contribution in [0, 0.1) is 6.92 Å². The van der Waals surface area contributed by atoms with E-state index in [1.165, 1.54) is 0 Å². The quantitative estimate of drug-likeness (QED) is 0.485. The van der Waals surface area contributed by atoms with Crippen molar-refractivity contribution >= 4 is 16.6 Å². The van der Waals surface area contributed by atoms with Crippen molar-refractivity contribution in [3.63, 3.8) is 0 Å². The largest absolute Gasteiger partial charge is 0.507 e. The Bertz CT molecular complexity index is 1220. The summed E-state index contributed by atoms with van der Waals surface area (Å²) >= 11 is 0. The Labute approximate surface area is 181 Å². The van der Waals surface area contributed by atoms with Gasteiger partial charge in [0.05, 0.1) is 6.26 Å². The molecule has 1 atom stereocenters. The summed E-state index contributed by atoms with van der Waals surface area (Å²) in [5.74, 6) is 1.78. The van der Waals surface area contributed by atoms with Crippen molar-refractivity contribution in [1.29, 1.82) is 0 Å². The SMILES string of the molecule is Cc1ccc(-c2nnc(N[C@@H]3CCCN(C)C3)c3cc(-c4ccco4)ccc23)c(O)c1. The molecule has 3 heterocycles. The standard InChI is InChI=1S/C25H26N4O2/c1-16-7-9-20(22(30)13-16)24-19-10-8-17(23-6-4-12-31-23)14-21(19)25(28-27-24)26-18-5-3-11-29(2)15-18/h4,6-10,12-14,18,30H,3,5,11,15H2,1-2H3,(H,26,28)/t18-/m1/s1. The highest BCUT2D eigenvalue weighted by Gasteiger charge is 2.20. The van der Waals surface area contributed by atoms with Gasteiger partial charge in [-0.15, -0.1) is 10.2 Å². The molecule has 31 heavy (non-hydrogen) atoms. The number of likely N-dealkylation sites (N-methyl/N-ethyl adjacent to an activating group) is 1. The number of aryl methyl sites for hydroxylation is 1. The Morgan fingerprint density at radius 1 is 1.10 bits per heavy atom. The van der Waals surface area contributed by atoms with E-state index >= 15 is 0 Å². The van der Waals surface area contributed by atoms with E-state index in [0.29, 0.717) is 17.3 Å². The third-order valence-electron chi connectivity index (χ3n) is 5.96. The zero-order valence-corrected chi connectivity index (χ0v) is 17.8. The molecule has 1 aliphatic rings. The molecule has 0 bridgehead atoms. The van der Waals surface area contributed by atoms with Crippen LogP contribution in [0.4, 0.5) is 5.82 Å². The maximum atomic E-state index is 10.6. The minimum atomic E-state index is 0.209. The maximum Gasteiger partial charge on any atom is 0.156 e. The van der Waals surface area contributed by atoms with Crippen LogP contribution < -0.4 is 5.32 Å². The van der Waals surface area contributed by atoms with Gasteiger partial charge in [-0.3, -0.25) is 0 Å². The second-order valence-corrected chi connectivity index (χ2v) is 8.40. The summed E-state index contributed by atoms with van der Waals surface area (Å²) in [5.41, 5.74) is 3.33. The van der Waals surface area contributed by atoms with Crippen LogP contribution in [-0.4, -0.2) is 46.4 Å². The number of fused-ring (bicyclic) bond motifs is 1. The van der Waals surface area contributed by atoms with Gasteiger partial charge in [0.15, 0.2) is 5.82 Å². The second-order valence-electron chi connectivity index (χ2n) is 8.40. The predicted octanol–water partition coefficient (Wildman–Crippen LogP) is 5.08. The summed E-state index contributed by atoms with van der Waals surface area (Å²) in [6.07, 6.45) is 3.94. The van der Waals surface area contributed by atoms with Crippen LogP contribution >= 0.6 is 0 Å². The van der Waals surface area contributed by atoms with E-state index in [1.807, 2.05) is 43.3 Å². The zero-order valence-electron chi connectivity index (χ0n) is 17.8. The molecule has 2 N–H and O–H groups in total. The molecule has 4 aromatic rings. The number of piperidine rings is 1. The number of furan rings is 1. The first kappa shape index (κ1) is 19.6. The molecule has 1 saturated heterocycles. The average molecular weight is 415 g/mol. The Morgan fingerprint density at radius 3 is 2.77 bits per heavy atom. The summed E-state index contributed by atoms with van der Waals surface area (Å²) < 4.78 is 5.62. The number of phenols is 1. The van der Waals surface area contributed by atoms with Gasteiger partial charge in [-0.05, 0) is 69.3 Å². The van der Waals surface area contributed by atoms with Crippen LogP contribution in [0.15, 0.2) is 59.2 Å². The van der Waals surface area contributed by atoms with E-state index < -0.39 is 0 Å². The number of hydrogen-bond acceptors (Lipinski definition) is 6. The van der Waals surface area contributed by atoms with Crippen molar-refractivity contribution in [3.05, 3.63) is 60.4 Å². The van der Waals surface area contributed by atoms with Gasteiger partial charge in [0.1, 0.15) is 17.2 Å². The molecule has 0 radical (unpaired) electrons. The van der Waals surface area contributed by atoms with E-state index in [4.69, 9.17) is 4.42 Å². The van der Waals surface area contributed by atoms with Crippen LogP contribution in [0.2, 0.25) is 0 Å². The summed E-state index contributed by atoms with van der Waals surface area (Å²) in [7, 11) is 2.15. The van der Waals surface area contributed by atoms with E-state index in [0.717, 1.165) is 59.4 Å². The first-order valence-electron chi connectivity index (χ1n) is 10.7. The summed E-state index contributed by atoms with van der Waals surface area (Å²) in [4.78, 5) is 2.34. The Morgan fingerprint density at radius 2 is 2.00 bits per heavy atom. The molecule has 0 aliphatic carbocycles. The van der Waals surface area contributed by atoms with Crippen LogP contribution in [-0.2, 0) is 0 Å². The lowest BCUT2D eigenvalue weighted by atomic mass is 9.99. The Balaban J connectivity index is 1.64. The molecule has 6 heteroatoms. The van der Waals surface area contributed by atoms with Crippen LogP contribution in [0.5, 0.6) is 5.75 Å². The van der Waals surface area contributed by atoms with Crippen molar-refractivity contribution in [2.75, 3.05) is 25.5 Å². The van der Waals surface area contributed by atoms with Gasteiger partial charge in [0.2, 0.25) is 0 Å². The number of aromatic nitrogens is 2. The number of likely N-dealkylation sites (tertiary alicyclic amines) is 1. The molecule has 2 aromatic carbocycles. The zero-order chi connectivity index (χ0) is 21.4. The number of nitrogens with zero attached hydrogens (tertiary/aromatic N) is 3. The second kappa shape index (κ2) is 8.04. The smallest absolute Gasteiger partial charge is 0.156 e. The number of hydrogen-bond donors (Lipinski definition) is 2. The van der Waals surface area contributed by atoms with Gasteiger partial charge >= 0.3 is 0 Å². The fraction of sp³-hybridized carbons (Fsp3) is 0.280. The van der Waals surface area contributed by atoms with Gasteiger partial charge in [0.25, 0.3) is 0 Å². The molecule has 5 rings (SSSR count). The molecular weight excluding hydrogens is 388 g/mol. The lowest BCUT2D eigenvalue weighted by Gasteiger charge is -2.30. The molecule has 1 aliphatic heterocycles. The van der Waals surface area contributed by atoms with E-state index in [1.54, 1.807) is 12.3 Å². The lowest BCUT2D eigenvalue weighted by Crippen LogP contribution is -2.40. The third-order valence-corrected chi connectivity index (χ3v) is 5.96. The van der Waals surface area contributed by atoms with E-state index in [-0.39, 0.29) is 5.75 Å². The van der Waals surface area contributed by atoms with Crippen molar-refractivity contribution < 1.29 is 9.52 Å². The highest BCUT2D eigenvalue weighted by atomic mass is 16.3. The normalized spacial score (nSPS) is 17.2. The number of aromatic hydroxyl groups is 1. The number of phenolic OH excluding ortho intramolecular Hbond substituents is 1. The Kier molecular flexibility index (Phi) is 5.08. The molecule has 158 valence electrons. The third kappa shape index (κ3) is 3.86. The number of anilines is 1. The van der Waals surface area contributed by atoms with Crippen LogP contribution in [0.1, 0.15) is 18.4 Å². The summed E-state index contributed by atoms with van der Waals surface area (Å²) in [6, 6.07) is 15.9. The molecule has 0 unspecified atom stereocenters. The van der Waals surface area contributed by atoms with E-state index in [9.17, 15) is 5.11 Å². The maximum absolute atomic E-state index is 10.6. The molecule has 2 aromatic heterocycles. The minimum absolute atomic E-state index is 0.209. The summed E-state index contributed by atoms with van der Waals surface area (Å²) in [5, 5.41) is 25.2. The first-order valence-corrected chi connectivity index (χ1v) is 10.7. The van der Waals surface area contributed by atoms with Crippen molar-refractivity contribution in [2.24, 2.45) is 0 Å². The van der Waals surface area contributed by atoms with Crippen molar-refractivity contribution in [1.82, 2.24) is 15.1 Å². The van der Waals surface area contributed by atoms with Gasteiger partial charge in [-0.1, -0.05) is 18.2 Å². The molecule has 6 nitrogen and oxygen atoms in total. The van der Waals surface area contributed by atoms with Crippen LogP contribution in [0.25, 0.3) is 33.4 Å². The monoisotopic (exact) mass is 414 g/mol. The molecule has 0 spiro atoms. The fourth-order valence-corrected chi connectivity index (χ4v) is 4.38. The van der Waals surface area contributed by atoms with Gasteiger partial charge in [-0.25, -0.2) is 0 Å². The highest BCUT2D eigenvalue weighted by molar-refractivity contribution is 6.02. The molecule has 1 fully saturated rings. The van der Waals surface area contributed by atoms with Crippen molar-refractivity contribution in [2.45, 2.75) is 25.8 Å². The van der Waals surface area contributed by atoms with E-state index in [2.05, 4.69) is 33.5 Å². The Hall–Kier alpha value is -3.38. The molecular formula is C25H26N4O2. The molecule has 0 saturated carbocycles. The topological polar surface area (TPSA) is 74.4 Å². The molecule has 0 amide bonds. The number of rotatable bonds is 4. The number of benzene rings is 2. The average Bonchev–Trinajstić information content (AvgIpc) is 3.29. The predicted molar refractivity (Wildman–Crippen MR) is 123 cm³/mol. The highest BCUT2D eigenvalue weighted by Crippen LogP contribution is 2.37. The fourth-order valence-electron chi connectivity index (χ4n) is 4.38.